The molecule has 0 amide bonds. The van der Waals surface area contributed by atoms with Gasteiger partial charge in [-0.2, -0.15) is 15.5 Å². The highest BCUT2D eigenvalue weighted by Gasteiger charge is 2.15. The number of oxazole rings is 1. The predicted molar refractivity (Wildman–Crippen MR) is 122 cm³/mol. The molecule has 2 aromatic carbocycles. The SMILES string of the molecule is COc1ccc(-c2nn(-c3ccccc3)cc2C=NNc2oc(C(C)C)nc2C#N)cc1. The summed E-state index contributed by atoms with van der Waals surface area (Å²) in [7, 11) is 1.63. The van der Waals surface area contributed by atoms with Crippen molar-refractivity contribution in [3.8, 4) is 28.8 Å². The maximum Gasteiger partial charge on any atom is 0.252 e. The number of nitriles is 1. The molecule has 4 aromatic rings. The number of methoxy groups -OCH3 is 1. The van der Waals surface area contributed by atoms with E-state index in [4.69, 9.17) is 14.3 Å². The van der Waals surface area contributed by atoms with Gasteiger partial charge in [-0.1, -0.05) is 32.0 Å². The van der Waals surface area contributed by atoms with Gasteiger partial charge >= 0.3 is 0 Å². The van der Waals surface area contributed by atoms with Gasteiger partial charge in [-0.05, 0) is 36.4 Å². The molecule has 1 N–H and O–H groups in total. The number of anilines is 1. The number of aromatic nitrogens is 3. The fourth-order valence-corrected chi connectivity index (χ4v) is 3.06. The van der Waals surface area contributed by atoms with Crippen molar-refractivity contribution in [2.24, 2.45) is 5.10 Å². The molecule has 0 spiro atoms. The molecule has 0 saturated heterocycles. The van der Waals surface area contributed by atoms with Gasteiger partial charge in [0.2, 0.25) is 11.6 Å². The molecule has 0 aliphatic rings. The molecule has 2 heterocycles. The Balaban J connectivity index is 1.67. The van der Waals surface area contributed by atoms with Crippen LogP contribution in [0.2, 0.25) is 0 Å². The van der Waals surface area contributed by atoms with Crippen molar-refractivity contribution in [1.29, 1.82) is 5.26 Å². The zero-order chi connectivity index (χ0) is 22.5. The summed E-state index contributed by atoms with van der Waals surface area (Å²) in [5, 5.41) is 18.4. The van der Waals surface area contributed by atoms with E-state index >= 15 is 0 Å². The van der Waals surface area contributed by atoms with Crippen LogP contribution in [0.25, 0.3) is 16.9 Å². The molecule has 0 fully saturated rings. The van der Waals surface area contributed by atoms with Crippen molar-refractivity contribution >= 4 is 12.1 Å². The first kappa shape index (κ1) is 20.9. The van der Waals surface area contributed by atoms with Gasteiger partial charge in [-0.15, -0.1) is 0 Å². The van der Waals surface area contributed by atoms with Gasteiger partial charge in [-0.25, -0.2) is 15.1 Å². The molecular weight excluding hydrogens is 404 g/mol. The summed E-state index contributed by atoms with van der Waals surface area (Å²) in [6, 6.07) is 19.5. The van der Waals surface area contributed by atoms with E-state index < -0.39 is 0 Å². The molecule has 0 bridgehead atoms. The van der Waals surface area contributed by atoms with E-state index in [-0.39, 0.29) is 17.5 Å². The van der Waals surface area contributed by atoms with Gasteiger partial charge in [0, 0.05) is 23.2 Å². The minimum Gasteiger partial charge on any atom is -0.497 e. The lowest BCUT2D eigenvalue weighted by Crippen LogP contribution is -1.94. The lowest BCUT2D eigenvalue weighted by atomic mass is 10.1. The second kappa shape index (κ2) is 9.18. The van der Waals surface area contributed by atoms with Crippen LogP contribution in [0.1, 0.15) is 36.9 Å². The topological polar surface area (TPSA) is 101 Å². The lowest BCUT2D eigenvalue weighted by molar-refractivity contribution is 0.415. The highest BCUT2D eigenvalue weighted by atomic mass is 16.5. The van der Waals surface area contributed by atoms with Gasteiger partial charge in [0.05, 0.1) is 19.0 Å². The summed E-state index contributed by atoms with van der Waals surface area (Å²) in [4.78, 5) is 4.19. The van der Waals surface area contributed by atoms with Crippen LogP contribution in [0.4, 0.5) is 5.88 Å². The van der Waals surface area contributed by atoms with Crippen molar-refractivity contribution < 1.29 is 9.15 Å². The molecule has 0 unspecified atom stereocenters. The highest BCUT2D eigenvalue weighted by molar-refractivity contribution is 5.89. The number of rotatable bonds is 7. The lowest BCUT2D eigenvalue weighted by Gasteiger charge is -2.02. The van der Waals surface area contributed by atoms with E-state index in [0.29, 0.717) is 5.89 Å². The standard InChI is InChI=1S/C24H22N6O2/c1-16(2)23-27-21(13-25)24(32-23)28-26-14-18-15-30(19-7-5-4-6-8-19)29-22(18)17-9-11-20(31-3)12-10-17/h4-12,14-16,28H,1-3H3. The van der Waals surface area contributed by atoms with Crippen LogP contribution < -0.4 is 10.2 Å². The average Bonchev–Trinajstić information content (AvgIpc) is 3.44. The Bertz CT molecular complexity index is 1260. The first-order valence-corrected chi connectivity index (χ1v) is 10.1. The number of para-hydroxylation sites is 1. The predicted octanol–water partition coefficient (Wildman–Crippen LogP) is 4.98. The first-order valence-electron chi connectivity index (χ1n) is 10.1. The largest absolute Gasteiger partial charge is 0.497 e. The number of hydrogen-bond acceptors (Lipinski definition) is 7. The van der Waals surface area contributed by atoms with Crippen LogP contribution in [0.5, 0.6) is 5.75 Å². The molecule has 8 nitrogen and oxygen atoms in total. The minimum absolute atomic E-state index is 0.0624. The number of hydrogen-bond donors (Lipinski definition) is 1. The van der Waals surface area contributed by atoms with Gasteiger partial charge in [0.1, 0.15) is 17.5 Å². The van der Waals surface area contributed by atoms with Gasteiger partial charge in [-0.3, -0.25) is 0 Å². The fraction of sp³-hybridized carbons (Fsp3) is 0.167. The maximum absolute atomic E-state index is 9.31. The summed E-state index contributed by atoms with van der Waals surface area (Å²) in [5.74, 6) is 1.53. The van der Waals surface area contributed by atoms with Crippen LogP contribution in [0.3, 0.4) is 0 Å². The van der Waals surface area contributed by atoms with Crippen molar-refractivity contribution in [2.75, 3.05) is 12.5 Å². The van der Waals surface area contributed by atoms with E-state index in [1.807, 2.05) is 80.7 Å². The zero-order valence-electron chi connectivity index (χ0n) is 18.0. The molecule has 0 aliphatic carbocycles. The van der Waals surface area contributed by atoms with E-state index in [9.17, 15) is 5.26 Å². The Labute approximate surface area is 185 Å². The number of benzene rings is 2. The third-order valence-corrected chi connectivity index (χ3v) is 4.74. The second-order valence-corrected chi connectivity index (χ2v) is 7.31. The van der Waals surface area contributed by atoms with E-state index in [0.717, 1.165) is 28.3 Å². The van der Waals surface area contributed by atoms with Crippen molar-refractivity contribution in [1.82, 2.24) is 14.8 Å². The summed E-state index contributed by atoms with van der Waals surface area (Å²) >= 11 is 0. The first-order chi connectivity index (χ1) is 15.6. The molecular formula is C24H22N6O2. The van der Waals surface area contributed by atoms with Crippen molar-refractivity contribution in [3.05, 3.63) is 77.9 Å². The third-order valence-electron chi connectivity index (χ3n) is 4.74. The molecule has 8 heteroatoms. The Morgan fingerprint density at radius 3 is 2.56 bits per heavy atom. The normalized spacial score (nSPS) is 11.1. The van der Waals surface area contributed by atoms with Crippen LogP contribution in [-0.2, 0) is 0 Å². The third kappa shape index (κ3) is 4.37. The Kier molecular flexibility index (Phi) is 5.99. The second-order valence-electron chi connectivity index (χ2n) is 7.31. The highest BCUT2D eigenvalue weighted by Crippen LogP contribution is 2.26. The molecule has 0 saturated carbocycles. The molecule has 0 atom stereocenters. The van der Waals surface area contributed by atoms with E-state index in [1.165, 1.54) is 0 Å². The molecule has 32 heavy (non-hydrogen) atoms. The number of nitrogens with one attached hydrogen (secondary N) is 1. The van der Waals surface area contributed by atoms with E-state index in [2.05, 4.69) is 15.5 Å². The molecule has 160 valence electrons. The smallest absolute Gasteiger partial charge is 0.252 e. The molecule has 0 radical (unpaired) electrons. The Morgan fingerprint density at radius 2 is 1.91 bits per heavy atom. The van der Waals surface area contributed by atoms with Crippen LogP contribution >= 0.6 is 0 Å². The minimum atomic E-state index is 0.0624. The fourth-order valence-electron chi connectivity index (χ4n) is 3.06. The van der Waals surface area contributed by atoms with E-state index in [1.54, 1.807) is 18.0 Å². The molecule has 0 aliphatic heterocycles. The number of hydrazone groups is 1. The summed E-state index contributed by atoms with van der Waals surface area (Å²) in [6.07, 6.45) is 3.54. The maximum atomic E-state index is 9.31. The average molecular weight is 426 g/mol. The summed E-state index contributed by atoms with van der Waals surface area (Å²) in [5.41, 5.74) is 6.35. The van der Waals surface area contributed by atoms with Crippen LogP contribution in [0.15, 0.2) is 70.3 Å². The van der Waals surface area contributed by atoms with Crippen LogP contribution in [-0.4, -0.2) is 28.1 Å². The Morgan fingerprint density at radius 1 is 1.16 bits per heavy atom. The van der Waals surface area contributed by atoms with Gasteiger partial charge < -0.3 is 9.15 Å². The van der Waals surface area contributed by atoms with Crippen LogP contribution in [0, 0.1) is 11.3 Å². The zero-order valence-corrected chi connectivity index (χ0v) is 18.0. The quantitative estimate of drug-likeness (QED) is 0.330. The molecule has 4 rings (SSSR count). The monoisotopic (exact) mass is 426 g/mol. The van der Waals surface area contributed by atoms with Gasteiger partial charge in [0.15, 0.2) is 0 Å². The summed E-state index contributed by atoms with van der Waals surface area (Å²) in [6.45, 7) is 3.89. The van der Waals surface area contributed by atoms with Crippen molar-refractivity contribution in [3.63, 3.8) is 0 Å². The number of nitrogens with zero attached hydrogens (tertiary/aromatic N) is 5. The molecule has 2 aromatic heterocycles. The van der Waals surface area contributed by atoms with Crippen molar-refractivity contribution in [2.45, 2.75) is 19.8 Å². The summed E-state index contributed by atoms with van der Waals surface area (Å²) < 4.78 is 12.7. The Hall–Kier alpha value is -4.38. The van der Waals surface area contributed by atoms with Gasteiger partial charge in [0.25, 0.3) is 5.88 Å². The number of ether oxygens (including phenoxy) is 1.